The summed E-state index contributed by atoms with van der Waals surface area (Å²) in [7, 11) is 0. The molecular formula is C13H14N4O2. The molecule has 6 nitrogen and oxygen atoms in total. The summed E-state index contributed by atoms with van der Waals surface area (Å²) >= 11 is 0. The maximum atomic E-state index is 11.0. The van der Waals surface area contributed by atoms with E-state index in [1.165, 1.54) is 12.5 Å². The van der Waals surface area contributed by atoms with Crippen molar-refractivity contribution in [3.05, 3.63) is 53.4 Å². The van der Waals surface area contributed by atoms with Crippen LogP contribution in [0.15, 0.2) is 31.0 Å². The minimum absolute atomic E-state index is 0.126. The molecule has 0 fully saturated rings. The van der Waals surface area contributed by atoms with Gasteiger partial charge in [0, 0.05) is 31.7 Å². The number of rotatable bonds is 5. The second-order valence-electron chi connectivity index (χ2n) is 4.09. The molecule has 0 aliphatic carbocycles. The van der Waals surface area contributed by atoms with E-state index >= 15 is 0 Å². The summed E-state index contributed by atoms with van der Waals surface area (Å²) in [6.07, 6.45) is 6.19. The van der Waals surface area contributed by atoms with Gasteiger partial charge in [-0.15, -0.1) is 0 Å². The average molecular weight is 258 g/mol. The average Bonchev–Trinajstić information content (AvgIpc) is 2.41. The van der Waals surface area contributed by atoms with Gasteiger partial charge in [0.05, 0.1) is 5.69 Å². The summed E-state index contributed by atoms with van der Waals surface area (Å²) in [5, 5.41) is 12.2. The maximum Gasteiger partial charge on any atom is 0.339 e. The molecule has 0 aliphatic heterocycles. The van der Waals surface area contributed by atoms with E-state index < -0.39 is 5.97 Å². The summed E-state index contributed by atoms with van der Waals surface area (Å²) in [4.78, 5) is 22.7. The molecule has 0 radical (unpaired) electrons. The van der Waals surface area contributed by atoms with Crippen LogP contribution in [-0.4, -0.2) is 26.0 Å². The van der Waals surface area contributed by atoms with Gasteiger partial charge >= 0.3 is 5.97 Å². The molecule has 2 heterocycles. The minimum Gasteiger partial charge on any atom is -0.478 e. The van der Waals surface area contributed by atoms with E-state index in [0.717, 1.165) is 11.1 Å². The van der Waals surface area contributed by atoms with Crippen molar-refractivity contribution in [3.8, 4) is 0 Å². The molecule has 19 heavy (non-hydrogen) atoms. The van der Waals surface area contributed by atoms with Gasteiger partial charge in [0.2, 0.25) is 0 Å². The number of carbonyl (C=O) groups is 1. The zero-order valence-corrected chi connectivity index (χ0v) is 10.5. The van der Waals surface area contributed by atoms with Crippen LogP contribution in [-0.2, 0) is 13.1 Å². The predicted octanol–water partition coefficient (Wildman–Crippen LogP) is 1.17. The van der Waals surface area contributed by atoms with Gasteiger partial charge in [-0.1, -0.05) is 0 Å². The first-order valence-electron chi connectivity index (χ1n) is 5.81. The number of hydrogen-bond donors (Lipinski definition) is 2. The second kappa shape index (κ2) is 6.01. The lowest BCUT2D eigenvalue weighted by Crippen LogP contribution is -2.17. The van der Waals surface area contributed by atoms with Gasteiger partial charge in [-0.2, -0.15) is 0 Å². The molecule has 2 aromatic heterocycles. The SMILES string of the molecule is Cc1cnccc1CNCc1ncncc1C(=O)O. The molecule has 0 atom stereocenters. The Kier molecular flexibility index (Phi) is 4.15. The highest BCUT2D eigenvalue weighted by molar-refractivity contribution is 5.88. The van der Waals surface area contributed by atoms with Crippen LogP contribution in [0.4, 0.5) is 0 Å². The van der Waals surface area contributed by atoms with Gasteiger partial charge < -0.3 is 10.4 Å². The summed E-state index contributed by atoms with van der Waals surface area (Å²) in [5.41, 5.74) is 2.83. The first-order valence-corrected chi connectivity index (χ1v) is 5.81. The summed E-state index contributed by atoms with van der Waals surface area (Å²) < 4.78 is 0. The lowest BCUT2D eigenvalue weighted by molar-refractivity contribution is 0.0694. The Morgan fingerprint density at radius 1 is 1.32 bits per heavy atom. The van der Waals surface area contributed by atoms with Crippen LogP contribution in [0.1, 0.15) is 27.2 Å². The van der Waals surface area contributed by atoms with Crippen molar-refractivity contribution in [2.24, 2.45) is 0 Å². The van der Waals surface area contributed by atoms with Crippen molar-refractivity contribution in [1.29, 1.82) is 0 Å². The van der Waals surface area contributed by atoms with Crippen LogP contribution in [0, 0.1) is 6.92 Å². The van der Waals surface area contributed by atoms with Crippen molar-refractivity contribution in [2.75, 3.05) is 0 Å². The van der Waals surface area contributed by atoms with Crippen LogP contribution in [0.5, 0.6) is 0 Å². The second-order valence-corrected chi connectivity index (χ2v) is 4.09. The van der Waals surface area contributed by atoms with Gasteiger partial charge in [-0.05, 0) is 24.1 Å². The summed E-state index contributed by atoms with van der Waals surface area (Å²) in [6.45, 7) is 3.00. The maximum absolute atomic E-state index is 11.0. The quantitative estimate of drug-likeness (QED) is 0.837. The van der Waals surface area contributed by atoms with Crippen LogP contribution in [0.2, 0.25) is 0 Å². The molecule has 0 spiro atoms. The fraction of sp³-hybridized carbons (Fsp3) is 0.231. The lowest BCUT2D eigenvalue weighted by atomic mass is 10.1. The Balaban J connectivity index is 2.00. The fourth-order valence-corrected chi connectivity index (χ4v) is 1.69. The van der Waals surface area contributed by atoms with Crippen molar-refractivity contribution in [2.45, 2.75) is 20.0 Å². The van der Waals surface area contributed by atoms with Gasteiger partial charge in [-0.25, -0.2) is 14.8 Å². The molecule has 6 heteroatoms. The number of nitrogens with zero attached hydrogens (tertiary/aromatic N) is 3. The van der Waals surface area contributed by atoms with E-state index in [1.54, 1.807) is 12.4 Å². The minimum atomic E-state index is -1.02. The monoisotopic (exact) mass is 258 g/mol. The number of carboxylic acids is 1. The lowest BCUT2D eigenvalue weighted by Gasteiger charge is -2.08. The molecule has 98 valence electrons. The third kappa shape index (κ3) is 3.32. The Hall–Kier alpha value is -2.34. The van der Waals surface area contributed by atoms with Gasteiger partial charge in [0.25, 0.3) is 0 Å². The van der Waals surface area contributed by atoms with Crippen LogP contribution in [0.25, 0.3) is 0 Å². The molecule has 0 unspecified atom stereocenters. The predicted molar refractivity (Wildman–Crippen MR) is 68.5 cm³/mol. The number of pyridine rings is 1. The molecule has 0 bridgehead atoms. The third-order valence-electron chi connectivity index (χ3n) is 2.77. The van der Waals surface area contributed by atoms with Crippen molar-refractivity contribution < 1.29 is 9.90 Å². The fourth-order valence-electron chi connectivity index (χ4n) is 1.69. The molecule has 2 N–H and O–H groups in total. The van der Waals surface area contributed by atoms with E-state index in [9.17, 15) is 4.79 Å². The van der Waals surface area contributed by atoms with Gasteiger partial charge in [-0.3, -0.25) is 4.98 Å². The number of aryl methyl sites for hydroxylation is 1. The van der Waals surface area contributed by atoms with Crippen LogP contribution >= 0.6 is 0 Å². The van der Waals surface area contributed by atoms with Gasteiger partial charge in [0.15, 0.2) is 0 Å². The highest BCUT2D eigenvalue weighted by atomic mass is 16.4. The zero-order chi connectivity index (χ0) is 13.7. The Bertz CT molecular complexity index is 586. The van der Waals surface area contributed by atoms with Gasteiger partial charge in [0.1, 0.15) is 11.9 Å². The molecule has 0 saturated heterocycles. The number of hydrogen-bond acceptors (Lipinski definition) is 5. The Morgan fingerprint density at radius 2 is 2.16 bits per heavy atom. The molecule has 0 aromatic carbocycles. The van der Waals surface area contributed by atoms with Crippen molar-refractivity contribution >= 4 is 5.97 Å². The van der Waals surface area contributed by atoms with E-state index in [1.807, 2.05) is 13.0 Å². The number of carboxylic acid groups (broad SMARTS) is 1. The molecule has 2 aromatic rings. The van der Waals surface area contributed by atoms with E-state index in [-0.39, 0.29) is 5.56 Å². The molecule has 2 rings (SSSR count). The highest BCUT2D eigenvalue weighted by Crippen LogP contribution is 2.06. The Morgan fingerprint density at radius 3 is 2.89 bits per heavy atom. The van der Waals surface area contributed by atoms with E-state index in [0.29, 0.717) is 18.8 Å². The smallest absolute Gasteiger partial charge is 0.339 e. The molecule has 0 aliphatic rings. The Labute approximate surface area is 110 Å². The summed E-state index contributed by atoms with van der Waals surface area (Å²) in [6, 6.07) is 1.93. The number of aromatic nitrogens is 3. The molecular weight excluding hydrogens is 244 g/mol. The topological polar surface area (TPSA) is 88.0 Å². The van der Waals surface area contributed by atoms with Crippen molar-refractivity contribution in [3.63, 3.8) is 0 Å². The van der Waals surface area contributed by atoms with Crippen molar-refractivity contribution in [1.82, 2.24) is 20.3 Å². The number of nitrogens with one attached hydrogen (secondary N) is 1. The van der Waals surface area contributed by atoms with Crippen LogP contribution in [0.3, 0.4) is 0 Å². The number of aromatic carboxylic acids is 1. The first-order chi connectivity index (χ1) is 9.18. The summed E-state index contributed by atoms with van der Waals surface area (Å²) in [5.74, 6) is -1.02. The first kappa shape index (κ1) is 13.1. The zero-order valence-electron chi connectivity index (χ0n) is 10.5. The molecule has 0 saturated carbocycles. The third-order valence-corrected chi connectivity index (χ3v) is 2.77. The molecule has 0 amide bonds. The largest absolute Gasteiger partial charge is 0.478 e. The standard InChI is InChI=1S/C13H14N4O2/c1-9-4-14-3-2-10(9)5-15-7-12-11(13(18)19)6-16-8-17-12/h2-4,6,8,15H,5,7H2,1H3,(H,18,19). The highest BCUT2D eigenvalue weighted by Gasteiger charge is 2.10. The van der Waals surface area contributed by atoms with E-state index in [2.05, 4.69) is 20.3 Å². The normalized spacial score (nSPS) is 10.4. The van der Waals surface area contributed by atoms with E-state index in [4.69, 9.17) is 5.11 Å². The van der Waals surface area contributed by atoms with Crippen LogP contribution < -0.4 is 5.32 Å².